The van der Waals surface area contributed by atoms with Crippen LogP contribution in [0.2, 0.25) is 0 Å². The van der Waals surface area contributed by atoms with Gasteiger partial charge in [0, 0.05) is 57.2 Å². The van der Waals surface area contributed by atoms with Gasteiger partial charge in [0.25, 0.3) is 5.91 Å². The molecule has 1 unspecified atom stereocenters. The Morgan fingerprint density at radius 2 is 1.69 bits per heavy atom. The predicted molar refractivity (Wildman–Crippen MR) is 132 cm³/mol. The Hall–Kier alpha value is -2.57. The monoisotopic (exact) mass is 456 g/mol. The van der Waals surface area contributed by atoms with Crippen molar-refractivity contribution in [2.24, 2.45) is 0 Å². The molecule has 0 spiro atoms. The minimum Gasteiger partial charge on any atom is -0.378 e. The number of benzene rings is 2. The molecule has 4 rings (SSSR count). The normalized spacial score (nSPS) is 18.4. The number of rotatable bonds is 4. The number of carbonyl (C=O) groups is 2. The van der Waals surface area contributed by atoms with Crippen molar-refractivity contribution in [3.8, 4) is 0 Å². The molecular formula is C25H33ClN4O2. The van der Waals surface area contributed by atoms with Crippen LogP contribution in [0.5, 0.6) is 0 Å². The molecule has 2 aliphatic rings. The Balaban J connectivity index is 0.00000289. The molecule has 1 atom stereocenters. The lowest BCUT2D eigenvalue weighted by Gasteiger charge is -2.34. The molecule has 2 aromatic rings. The highest BCUT2D eigenvalue weighted by Crippen LogP contribution is 2.41. The second-order valence-electron chi connectivity index (χ2n) is 9.02. The second-order valence-corrected chi connectivity index (χ2v) is 9.02. The van der Waals surface area contributed by atoms with Crippen LogP contribution in [0, 0.1) is 13.8 Å². The van der Waals surface area contributed by atoms with Crippen molar-refractivity contribution in [1.29, 1.82) is 0 Å². The van der Waals surface area contributed by atoms with E-state index in [1.54, 1.807) is 0 Å². The minimum absolute atomic E-state index is 0. The van der Waals surface area contributed by atoms with E-state index in [0.717, 1.165) is 59.8 Å². The minimum atomic E-state index is -0.286. The van der Waals surface area contributed by atoms with Gasteiger partial charge in [-0.1, -0.05) is 12.1 Å². The molecule has 172 valence electrons. The van der Waals surface area contributed by atoms with E-state index in [2.05, 4.69) is 24.9 Å². The zero-order valence-electron chi connectivity index (χ0n) is 19.6. The van der Waals surface area contributed by atoms with Crippen LogP contribution >= 0.6 is 12.4 Å². The van der Waals surface area contributed by atoms with Crippen LogP contribution in [0.15, 0.2) is 36.4 Å². The lowest BCUT2D eigenvalue weighted by Crippen LogP contribution is -2.47. The van der Waals surface area contributed by atoms with Crippen molar-refractivity contribution in [2.45, 2.75) is 26.3 Å². The zero-order valence-corrected chi connectivity index (χ0v) is 20.4. The highest BCUT2D eigenvalue weighted by atomic mass is 35.5. The largest absolute Gasteiger partial charge is 0.378 e. The van der Waals surface area contributed by atoms with E-state index in [0.29, 0.717) is 6.42 Å². The van der Waals surface area contributed by atoms with Crippen LogP contribution in [0.25, 0.3) is 0 Å². The van der Waals surface area contributed by atoms with Gasteiger partial charge in [-0.05, 0) is 61.9 Å². The standard InChI is InChI=1S/C25H32N4O2.ClH/c1-17-13-21-22(14-18(17)2)25(31)29(20-8-6-7-19(15-20)26(3)4)23(21)16-24(30)28-11-9-27(5)10-12-28;/h6-8,13-15,23H,9-12,16H2,1-5H3;1H. The average molecular weight is 457 g/mol. The Bertz CT molecular complexity index is 1010. The molecule has 0 N–H and O–H groups in total. The summed E-state index contributed by atoms with van der Waals surface area (Å²) in [6.45, 7) is 7.35. The number of aryl methyl sites for hydroxylation is 2. The van der Waals surface area contributed by atoms with Crippen LogP contribution in [0.4, 0.5) is 11.4 Å². The van der Waals surface area contributed by atoms with Gasteiger partial charge in [-0.2, -0.15) is 0 Å². The van der Waals surface area contributed by atoms with Crippen LogP contribution in [-0.4, -0.2) is 68.9 Å². The van der Waals surface area contributed by atoms with Gasteiger partial charge in [-0.3, -0.25) is 9.59 Å². The highest BCUT2D eigenvalue weighted by molar-refractivity contribution is 6.12. The fourth-order valence-corrected chi connectivity index (χ4v) is 4.48. The van der Waals surface area contributed by atoms with E-state index in [9.17, 15) is 9.59 Å². The number of amides is 2. The number of hydrogen-bond acceptors (Lipinski definition) is 4. The molecular weight excluding hydrogens is 424 g/mol. The fourth-order valence-electron chi connectivity index (χ4n) is 4.48. The first-order chi connectivity index (χ1) is 14.8. The van der Waals surface area contributed by atoms with Crippen molar-refractivity contribution in [3.05, 3.63) is 58.7 Å². The Kier molecular flexibility index (Phi) is 7.16. The third-order valence-corrected chi connectivity index (χ3v) is 6.63. The zero-order chi connectivity index (χ0) is 22.3. The van der Waals surface area contributed by atoms with Crippen molar-refractivity contribution in [3.63, 3.8) is 0 Å². The van der Waals surface area contributed by atoms with Gasteiger partial charge in [-0.25, -0.2) is 0 Å². The van der Waals surface area contributed by atoms with Gasteiger partial charge in [0.05, 0.1) is 12.5 Å². The molecule has 0 bridgehead atoms. The molecule has 1 fully saturated rings. The summed E-state index contributed by atoms with van der Waals surface area (Å²) in [7, 11) is 6.06. The van der Waals surface area contributed by atoms with Gasteiger partial charge in [-0.15, -0.1) is 12.4 Å². The SMILES string of the molecule is Cc1cc2c(cc1C)C(CC(=O)N1CCN(C)CC1)N(c1cccc(N(C)C)c1)C2=O.Cl. The summed E-state index contributed by atoms with van der Waals surface area (Å²) in [5.41, 5.74) is 5.78. The van der Waals surface area contributed by atoms with Crippen molar-refractivity contribution >= 4 is 35.6 Å². The molecule has 6 nitrogen and oxygen atoms in total. The summed E-state index contributed by atoms with van der Waals surface area (Å²) in [6, 6.07) is 11.8. The summed E-state index contributed by atoms with van der Waals surface area (Å²) >= 11 is 0. The Morgan fingerprint density at radius 3 is 2.34 bits per heavy atom. The first-order valence-electron chi connectivity index (χ1n) is 10.9. The summed E-state index contributed by atoms with van der Waals surface area (Å²) < 4.78 is 0. The summed E-state index contributed by atoms with van der Waals surface area (Å²) in [5, 5.41) is 0. The van der Waals surface area contributed by atoms with E-state index in [1.807, 2.05) is 66.1 Å². The number of nitrogens with zero attached hydrogens (tertiary/aromatic N) is 4. The van der Waals surface area contributed by atoms with Crippen LogP contribution < -0.4 is 9.80 Å². The topological polar surface area (TPSA) is 47.1 Å². The van der Waals surface area contributed by atoms with Gasteiger partial charge in [0.15, 0.2) is 0 Å². The maximum Gasteiger partial charge on any atom is 0.259 e. The number of anilines is 2. The molecule has 7 heteroatoms. The molecule has 0 saturated carbocycles. The third-order valence-electron chi connectivity index (χ3n) is 6.63. The first-order valence-corrected chi connectivity index (χ1v) is 10.9. The summed E-state index contributed by atoms with van der Waals surface area (Å²) in [6.07, 6.45) is 0.303. The van der Waals surface area contributed by atoms with E-state index in [-0.39, 0.29) is 30.3 Å². The molecule has 1 saturated heterocycles. The quantitative estimate of drug-likeness (QED) is 0.704. The summed E-state index contributed by atoms with van der Waals surface area (Å²) in [4.78, 5) is 34.8. The lowest BCUT2D eigenvalue weighted by molar-refractivity contribution is -0.133. The molecule has 0 radical (unpaired) electrons. The number of halogens is 1. The number of carbonyl (C=O) groups excluding carboxylic acids is 2. The van der Waals surface area contributed by atoms with Gasteiger partial charge in [0.2, 0.25) is 5.91 Å². The highest BCUT2D eigenvalue weighted by Gasteiger charge is 2.40. The fraction of sp³-hybridized carbons (Fsp3) is 0.440. The van der Waals surface area contributed by atoms with Crippen molar-refractivity contribution < 1.29 is 9.59 Å². The third kappa shape index (κ3) is 4.48. The van der Waals surface area contributed by atoms with Crippen LogP contribution in [-0.2, 0) is 4.79 Å². The van der Waals surface area contributed by atoms with Crippen molar-refractivity contribution in [1.82, 2.24) is 9.80 Å². The van der Waals surface area contributed by atoms with Gasteiger partial charge >= 0.3 is 0 Å². The Labute approximate surface area is 197 Å². The molecule has 2 aromatic carbocycles. The maximum atomic E-state index is 13.5. The number of piperazine rings is 1. The van der Waals surface area contributed by atoms with Gasteiger partial charge in [0.1, 0.15) is 0 Å². The molecule has 2 aliphatic heterocycles. The average Bonchev–Trinajstić information content (AvgIpc) is 2.99. The van der Waals surface area contributed by atoms with Crippen molar-refractivity contribution in [2.75, 3.05) is 57.1 Å². The molecule has 0 aliphatic carbocycles. The number of likely N-dealkylation sites (N-methyl/N-ethyl adjacent to an activating group) is 1. The molecule has 0 aromatic heterocycles. The maximum absolute atomic E-state index is 13.5. The van der Waals surface area contributed by atoms with E-state index in [4.69, 9.17) is 0 Å². The molecule has 2 amide bonds. The smallest absolute Gasteiger partial charge is 0.259 e. The van der Waals surface area contributed by atoms with Gasteiger partial charge < -0.3 is 19.6 Å². The lowest BCUT2D eigenvalue weighted by atomic mass is 9.96. The second kappa shape index (κ2) is 9.51. The predicted octanol–water partition coefficient (Wildman–Crippen LogP) is 3.66. The van der Waals surface area contributed by atoms with E-state index >= 15 is 0 Å². The van der Waals surface area contributed by atoms with Crippen LogP contribution in [0.1, 0.15) is 39.5 Å². The molecule has 32 heavy (non-hydrogen) atoms. The first kappa shape index (κ1) is 24.1. The number of fused-ring (bicyclic) bond motifs is 1. The summed E-state index contributed by atoms with van der Waals surface area (Å²) in [5.74, 6) is 0.0934. The van der Waals surface area contributed by atoms with E-state index < -0.39 is 0 Å². The number of hydrogen-bond donors (Lipinski definition) is 0. The van der Waals surface area contributed by atoms with E-state index in [1.165, 1.54) is 0 Å². The molecule has 2 heterocycles. The Morgan fingerprint density at radius 1 is 1.03 bits per heavy atom. The van der Waals surface area contributed by atoms with Crippen LogP contribution in [0.3, 0.4) is 0 Å².